The van der Waals surface area contributed by atoms with E-state index < -0.39 is 0 Å². The number of nitrogens with zero attached hydrogens (tertiary/aromatic N) is 3. The summed E-state index contributed by atoms with van der Waals surface area (Å²) in [5, 5.41) is 4.41. The monoisotopic (exact) mass is 280 g/mol. The van der Waals surface area contributed by atoms with Crippen molar-refractivity contribution in [1.29, 1.82) is 0 Å². The molecule has 6 heteroatoms. The first-order chi connectivity index (χ1) is 9.16. The Hall–Kier alpha value is -1.14. The topological polar surface area (TPSA) is 47.8 Å². The van der Waals surface area contributed by atoms with Crippen molar-refractivity contribution in [1.82, 2.24) is 19.3 Å². The first-order valence-electron chi connectivity index (χ1n) is 6.90. The summed E-state index contributed by atoms with van der Waals surface area (Å²) in [7, 11) is 1.95. The number of nitrogens with one attached hydrogen (secondary N) is 1. The van der Waals surface area contributed by atoms with E-state index in [-0.39, 0.29) is 0 Å². The first kappa shape index (κ1) is 12.9. The molecule has 2 aromatic heterocycles. The zero-order valence-electron chi connectivity index (χ0n) is 11.5. The van der Waals surface area contributed by atoms with E-state index >= 15 is 0 Å². The third kappa shape index (κ3) is 2.34. The minimum Gasteiger partial charge on any atom is -0.376 e. The number of rotatable bonds is 4. The number of imidazole rings is 1. The summed E-state index contributed by atoms with van der Waals surface area (Å²) in [5.74, 6) is 0. The SMILES string of the molecule is Cc1nn(C)c2c1[nH]c(=S)n2CCOC1CCCC1. The van der Waals surface area contributed by atoms with Crippen LogP contribution in [0, 0.1) is 11.7 Å². The zero-order valence-corrected chi connectivity index (χ0v) is 12.3. The van der Waals surface area contributed by atoms with E-state index in [0.717, 1.165) is 34.8 Å². The third-order valence-electron chi connectivity index (χ3n) is 3.90. The van der Waals surface area contributed by atoms with Gasteiger partial charge in [-0.25, -0.2) is 0 Å². The maximum atomic E-state index is 5.92. The molecule has 0 aromatic carbocycles. The van der Waals surface area contributed by atoms with Gasteiger partial charge in [0.25, 0.3) is 0 Å². The molecule has 0 bridgehead atoms. The van der Waals surface area contributed by atoms with Crippen LogP contribution in [0.4, 0.5) is 0 Å². The van der Waals surface area contributed by atoms with Crippen LogP contribution in [0.2, 0.25) is 0 Å². The van der Waals surface area contributed by atoms with Gasteiger partial charge in [0, 0.05) is 7.05 Å². The van der Waals surface area contributed by atoms with Crippen LogP contribution >= 0.6 is 12.2 Å². The maximum Gasteiger partial charge on any atom is 0.179 e. The summed E-state index contributed by atoms with van der Waals surface area (Å²) in [6.07, 6.45) is 5.48. The van der Waals surface area contributed by atoms with Gasteiger partial charge >= 0.3 is 0 Å². The summed E-state index contributed by atoms with van der Waals surface area (Å²) < 4.78 is 10.6. The van der Waals surface area contributed by atoms with Gasteiger partial charge in [-0.05, 0) is 32.0 Å². The normalized spacial score (nSPS) is 16.7. The Morgan fingerprint density at radius 3 is 2.89 bits per heavy atom. The summed E-state index contributed by atoms with van der Waals surface area (Å²) in [6.45, 7) is 3.50. The lowest BCUT2D eigenvalue weighted by Crippen LogP contribution is -2.14. The number of ether oxygens (including phenoxy) is 1. The molecule has 0 radical (unpaired) electrons. The molecule has 0 amide bonds. The molecule has 1 fully saturated rings. The van der Waals surface area contributed by atoms with Crippen LogP contribution in [-0.4, -0.2) is 32.0 Å². The highest BCUT2D eigenvalue weighted by Crippen LogP contribution is 2.21. The van der Waals surface area contributed by atoms with Crippen molar-refractivity contribution < 1.29 is 4.74 Å². The zero-order chi connectivity index (χ0) is 13.4. The minimum absolute atomic E-state index is 0.455. The smallest absolute Gasteiger partial charge is 0.179 e. The molecule has 0 aliphatic heterocycles. The summed E-state index contributed by atoms with van der Waals surface area (Å²) in [4.78, 5) is 3.23. The predicted molar refractivity (Wildman–Crippen MR) is 76.8 cm³/mol. The van der Waals surface area contributed by atoms with Crippen LogP contribution < -0.4 is 0 Å². The lowest BCUT2D eigenvalue weighted by atomic mass is 10.3. The van der Waals surface area contributed by atoms with E-state index in [1.807, 2.05) is 18.7 Å². The predicted octanol–water partition coefficient (Wildman–Crippen LogP) is 2.70. The van der Waals surface area contributed by atoms with Crippen molar-refractivity contribution in [2.75, 3.05) is 6.61 Å². The molecular weight excluding hydrogens is 260 g/mol. The molecule has 1 aliphatic carbocycles. The molecule has 0 unspecified atom stereocenters. The first-order valence-corrected chi connectivity index (χ1v) is 7.31. The highest BCUT2D eigenvalue weighted by atomic mass is 32.1. The van der Waals surface area contributed by atoms with E-state index in [4.69, 9.17) is 17.0 Å². The second kappa shape index (κ2) is 5.09. The van der Waals surface area contributed by atoms with Crippen molar-refractivity contribution in [2.24, 2.45) is 7.05 Å². The minimum atomic E-state index is 0.455. The van der Waals surface area contributed by atoms with E-state index in [1.54, 1.807) is 0 Å². The maximum absolute atomic E-state index is 5.92. The van der Waals surface area contributed by atoms with Gasteiger partial charge in [0.05, 0.1) is 24.9 Å². The lowest BCUT2D eigenvalue weighted by Gasteiger charge is -2.11. The standard InChI is InChI=1S/C13H20N4OS/c1-9-11-12(16(2)15-9)17(13(19)14-11)7-8-18-10-5-3-4-6-10/h10H,3-8H2,1-2H3,(H,14,19). The Morgan fingerprint density at radius 1 is 1.42 bits per heavy atom. The van der Waals surface area contributed by atoms with Gasteiger partial charge in [0.2, 0.25) is 0 Å². The molecule has 1 N–H and O–H groups in total. The largest absolute Gasteiger partial charge is 0.376 e. The quantitative estimate of drug-likeness (QED) is 0.876. The molecule has 2 aromatic rings. The molecule has 104 valence electrons. The van der Waals surface area contributed by atoms with Crippen molar-refractivity contribution in [3.05, 3.63) is 10.5 Å². The molecule has 5 nitrogen and oxygen atoms in total. The number of aromatic nitrogens is 4. The van der Waals surface area contributed by atoms with Crippen LogP contribution in [0.5, 0.6) is 0 Å². The van der Waals surface area contributed by atoms with Gasteiger partial charge in [-0.2, -0.15) is 5.10 Å². The van der Waals surface area contributed by atoms with Gasteiger partial charge in [-0.1, -0.05) is 12.8 Å². The Morgan fingerprint density at radius 2 is 2.16 bits per heavy atom. The van der Waals surface area contributed by atoms with E-state index in [1.165, 1.54) is 25.7 Å². The lowest BCUT2D eigenvalue weighted by molar-refractivity contribution is 0.0532. The molecule has 3 rings (SSSR count). The molecule has 0 atom stereocenters. The number of aryl methyl sites for hydroxylation is 2. The summed E-state index contributed by atoms with van der Waals surface area (Å²) >= 11 is 5.38. The van der Waals surface area contributed by atoms with E-state index in [0.29, 0.717) is 6.10 Å². The molecule has 2 heterocycles. The molecule has 19 heavy (non-hydrogen) atoms. The highest BCUT2D eigenvalue weighted by Gasteiger charge is 2.16. The van der Waals surface area contributed by atoms with Crippen LogP contribution in [0.15, 0.2) is 0 Å². The number of hydrogen-bond donors (Lipinski definition) is 1. The molecule has 0 saturated heterocycles. The number of aromatic amines is 1. The average molecular weight is 280 g/mol. The van der Waals surface area contributed by atoms with Crippen molar-refractivity contribution in [3.63, 3.8) is 0 Å². The molecular formula is C13H20N4OS. The van der Waals surface area contributed by atoms with Crippen molar-refractivity contribution in [3.8, 4) is 0 Å². The Balaban J connectivity index is 1.76. The van der Waals surface area contributed by atoms with Crippen LogP contribution in [0.1, 0.15) is 31.4 Å². The Bertz CT molecular complexity index is 633. The second-order valence-electron chi connectivity index (χ2n) is 5.27. The fraction of sp³-hybridized carbons (Fsp3) is 0.692. The number of fused-ring (bicyclic) bond motifs is 1. The summed E-state index contributed by atoms with van der Waals surface area (Å²) in [6, 6.07) is 0. The number of H-pyrrole nitrogens is 1. The number of hydrogen-bond acceptors (Lipinski definition) is 3. The highest BCUT2D eigenvalue weighted by molar-refractivity contribution is 7.71. The van der Waals surface area contributed by atoms with Gasteiger partial charge < -0.3 is 9.72 Å². The van der Waals surface area contributed by atoms with Crippen LogP contribution in [-0.2, 0) is 18.3 Å². The third-order valence-corrected chi connectivity index (χ3v) is 4.22. The van der Waals surface area contributed by atoms with Gasteiger partial charge in [-0.15, -0.1) is 0 Å². The Kier molecular flexibility index (Phi) is 3.45. The fourth-order valence-corrected chi connectivity index (χ4v) is 3.23. The van der Waals surface area contributed by atoms with Gasteiger partial charge in [0.15, 0.2) is 10.4 Å². The summed E-state index contributed by atoms with van der Waals surface area (Å²) in [5.41, 5.74) is 3.07. The van der Waals surface area contributed by atoms with Gasteiger partial charge in [-0.3, -0.25) is 9.25 Å². The Labute approximate surface area is 117 Å². The van der Waals surface area contributed by atoms with Crippen molar-refractivity contribution >= 4 is 23.4 Å². The fourth-order valence-electron chi connectivity index (χ4n) is 2.95. The van der Waals surface area contributed by atoms with E-state index in [2.05, 4.69) is 14.6 Å². The van der Waals surface area contributed by atoms with Crippen LogP contribution in [0.25, 0.3) is 11.2 Å². The molecule has 1 saturated carbocycles. The van der Waals surface area contributed by atoms with Crippen molar-refractivity contribution in [2.45, 2.75) is 45.3 Å². The molecule has 0 spiro atoms. The molecule has 1 aliphatic rings. The van der Waals surface area contributed by atoms with E-state index in [9.17, 15) is 0 Å². The average Bonchev–Trinajstić information content (AvgIpc) is 3.03. The van der Waals surface area contributed by atoms with Gasteiger partial charge in [0.1, 0.15) is 5.52 Å². The van der Waals surface area contributed by atoms with Crippen LogP contribution in [0.3, 0.4) is 0 Å². The second-order valence-corrected chi connectivity index (χ2v) is 5.65.